The van der Waals surface area contributed by atoms with Crippen LogP contribution in [-0.2, 0) is 0 Å². The lowest BCUT2D eigenvalue weighted by molar-refractivity contribution is -0.209. The van der Waals surface area contributed by atoms with Gasteiger partial charge in [0, 0.05) is 11.9 Å². The zero-order valence-electron chi connectivity index (χ0n) is 13.1. The van der Waals surface area contributed by atoms with Crippen molar-refractivity contribution >= 4 is 6.20 Å². The summed E-state index contributed by atoms with van der Waals surface area (Å²) >= 11 is 0. The molecule has 1 N–H and O–H groups in total. The number of hydrogen-bond donors (Lipinski definition) is 1. The number of aliphatic hydroxyl groups is 1. The van der Waals surface area contributed by atoms with Gasteiger partial charge in [0.1, 0.15) is 0 Å². The third kappa shape index (κ3) is 6.75. The molecule has 1 rings (SSSR count). The number of imidazole rings is 1. The number of halogens is 4. The first-order valence-corrected chi connectivity index (χ1v) is 6.69. The molecule has 21 heavy (non-hydrogen) atoms. The first-order chi connectivity index (χ1) is 9.70. The fourth-order valence-electron chi connectivity index (χ4n) is 1.22. The van der Waals surface area contributed by atoms with E-state index in [1.165, 1.54) is 6.20 Å². The Morgan fingerprint density at radius 2 is 1.76 bits per heavy atom. The monoisotopic (exact) mass is 312 g/mol. The smallest absolute Gasteiger partial charge is 0.377 e. The van der Waals surface area contributed by atoms with Crippen LogP contribution >= 0.6 is 0 Å². The molecular weight excluding hydrogens is 288 g/mol. The average Bonchev–Trinajstić information content (AvgIpc) is 2.74. The third-order valence-corrected chi connectivity index (χ3v) is 2.34. The second-order valence-electron chi connectivity index (χ2n) is 3.83. The molecule has 0 amide bonds. The van der Waals surface area contributed by atoms with Crippen LogP contribution in [0.25, 0.3) is 6.20 Å². The predicted molar refractivity (Wildman–Crippen MR) is 76.7 cm³/mol. The van der Waals surface area contributed by atoms with Crippen LogP contribution < -0.4 is 0 Å². The summed E-state index contributed by atoms with van der Waals surface area (Å²) in [6.07, 6.45) is -5.45. The zero-order valence-corrected chi connectivity index (χ0v) is 13.1. The van der Waals surface area contributed by atoms with Crippen molar-refractivity contribution in [1.82, 2.24) is 9.55 Å². The number of alkyl halides is 4. The number of aromatic nitrogens is 2. The second kappa shape index (κ2) is 10.4. The van der Waals surface area contributed by atoms with E-state index in [2.05, 4.69) is 11.6 Å². The van der Waals surface area contributed by atoms with Crippen molar-refractivity contribution in [2.24, 2.45) is 0 Å². The maximum absolute atomic E-state index is 12.3. The zero-order chi connectivity index (χ0) is 17.2. The molecule has 1 aromatic heterocycles. The predicted octanol–water partition coefficient (Wildman–Crippen LogP) is 4.59. The quantitative estimate of drug-likeness (QED) is 0.829. The first-order valence-electron chi connectivity index (χ1n) is 6.69. The average molecular weight is 312 g/mol. The molecule has 1 heterocycles. The summed E-state index contributed by atoms with van der Waals surface area (Å²) in [7, 11) is 0. The van der Waals surface area contributed by atoms with Gasteiger partial charge in [0.2, 0.25) is 6.10 Å². The Hall–Kier alpha value is -1.37. The summed E-state index contributed by atoms with van der Waals surface area (Å²) in [5, 5.41) is 9.05. The molecule has 0 spiro atoms. The highest BCUT2D eigenvalue weighted by Gasteiger charge is 2.42. The van der Waals surface area contributed by atoms with Crippen LogP contribution in [0.1, 0.15) is 50.5 Å². The van der Waals surface area contributed by atoms with Gasteiger partial charge >= 0.3 is 6.18 Å². The number of hydrogen-bond acceptors (Lipinski definition) is 2. The van der Waals surface area contributed by atoms with E-state index in [-0.39, 0.29) is 6.67 Å². The van der Waals surface area contributed by atoms with E-state index in [9.17, 15) is 17.6 Å². The Morgan fingerprint density at radius 1 is 1.33 bits per heavy atom. The van der Waals surface area contributed by atoms with Crippen LogP contribution in [0.3, 0.4) is 0 Å². The Balaban J connectivity index is 0. The van der Waals surface area contributed by atoms with Crippen molar-refractivity contribution in [3.63, 3.8) is 0 Å². The Labute approximate surface area is 123 Å². The van der Waals surface area contributed by atoms with Gasteiger partial charge in [-0.2, -0.15) is 13.2 Å². The highest BCUT2D eigenvalue weighted by molar-refractivity contribution is 5.30. The van der Waals surface area contributed by atoms with Crippen molar-refractivity contribution in [2.75, 3.05) is 6.67 Å². The molecular formula is C14H24F4N2O. The molecule has 0 aliphatic rings. The topological polar surface area (TPSA) is 38.0 Å². The summed E-state index contributed by atoms with van der Waals surface area (Å²) in [4.78, 5) is 3.67. The van der Waals surface area contributed by atoms with E-state index in [0.717, 1.165) is 4.57 Å². The van der Waals surface area contributed by atoms with E-state index in [0.29, 0.717) is 17.8 Å². The minimum atomic E-state index is -4.72. The maximum atomic E-state index is 12.3. The Bertz CT molecular complexity index is 412. The highest BCUT2D eigenvalue weighted by Crippen LogP contribution is 2.32. The van der Waals surface area contributed by atoms with Gasteiger partial charge < -0.3 is 9.67 Å². The molecule has 0 aromatic carbocycles. The molecule has 0 aliphatic carbocycles. The van der Waals surface area contributed by atoms with Crippen LogP contribution in [0.15, 0.2) is 6.58 Å². The van der Waals surface area contributed by atoms with Crippen LogP contribution in [0, 0.1) is 13.8 Å². The SMILES string of the molecule is C=Cn1c(C(O)C(F)(F)F)nc(C)c1C.CC.CCCF. The molecule has 3 nitrogen and oxygen atoms in total. The molecule has 0 fully saturated rings. The molecule has 124 valence electrons. The van der Waals surface area contributed by atoms with E-state index in [1.807, 2.05) is 13.8 Å². The number of aliphatic hydroxyl groups excluding tert-OH is 1. The van der Waals surface area contributed by atoms with Crippen molar-refractivity contribution in [1.29, 1.82) is 0 Å². The largest absolute Gasteiger partial charge is 0.421 e. The minimum absolute atomic E-state index is 0.181. The fourth-order valence-corrected chi connectivity index (χ4v) is 1.22. The minimum Gasteiger partial charge on any atom is -0.377 e. The second-order valence-corrected chi connectivity index (χ2v) is 3.83. The van der Waals surface area contributed by atoms with Crippen molar-refractivity contribution in [3.8, 4) is 0 Å². The molecule has 1 aromatic rings. The summed E-state index contributed by atoms with van der Waals surface area (Å²) < 4.78 is 48.6. The molecule has 7 heteroatoms. The molecule has 0 aliphatic heterocycles. The highest BCUT2D eigenvalue weighted by atomic mass is 19.4. The molecule has 0 saturated carbocycles. The van der Waals surface area contributed by atoms with E-state index in [4.69, 9.17) is 5.11 Å². The summed E-state index contributed by atoms with van der Waals surface area (Å²) in [6, 6.07) is 0. The molecule has 1 atom stereocenters. The number of aryl methyl sites for hydroxylation is 1. The van der Waals surface area contributed by atoms with Crippen LogP contribution in [-0.4, -0.2) is 27.5 Å². The van der Waals surface area contributed by atoms with Crippen molar-refractivity contribution in [2.45, 2.75) is 53.3 Å². The Morgan fingerprint density at radius 3 is 2.05 bits per heavy atom. The normalized spacial score (nSPS) is 11.7. The van der Waals surface area contributed by atoms with Gasteiger partial charge in [-0.05, 0) is 20.3 Å². The van der Waals surface area contributed by atoms with E-state index >= 15 is 0 Å². The van der Waals surface area contributed by atoms with E-state index in [1.54, 1.807) is 20.8 Å². The lowest BCUT2D eigenvalue weighted by Crippen LogP contribution is -2.23. The lowest BCUT2D eigenvalue weighted by Gasteiger charge is -2.14. The van der Waals surface area contributed by atoms with Gasteiger partial charge in [0.25, 0.3) is 0 Å². The van der Waals surface area contributed by atoms with Gasteiger partial charge in [0.15, 0.2) is 5.82 Å². The Kier molecular flexibility index (Phi) is 10.8. The molecule has 0 bridgehead atoms. The lowest BCUT2D eigenvalue weighted by atomic mass is 10.3. The summed E-state index contributed by atoms with van der Waals surface area (Å²) in [5.74, 6) is -0.451. The van der Waals surface area contributed by atoms with E-state index < -0.39 is 18.1 Å². The molecule has 0 radical (unpaired) electrons. The fraction of sp³-hybridized carbons (Fsp3) is 0.643. The third-order valence-electron chi connectivity index (χ3n) is 2.34. The van der Waals surface area contributed by atoms with Gasteiger partial charge in [0.05, 0.1) is 12.4 Å². The van der Waals surface area contributed by atoms with Gasteiger partial charge in [-0.15, -0.1) is 0 Å². The van der Waals surface area contributed by atoms with Gasteiger partial charge in [-0.25, -0.2) is 4.98 Å². The standard InChI is InChI=1S/C9H11F3N2O.C3H7F.C2H6/c1-4-14-6(3)5(2)13-8(14)7(15)9(10,11)12;1-2-3-4;1-2/h4,7,15H,1H2,2-3H3;2-3H2,1H3;1-2H3. The van der Waals surface area contributed by atoms with Crippen LogP contribution in [0.5, 0.6) is 0 Å². The van der Waals surface area contributed by atoms with Crippen LogP contribution in [0.4, 0.5) is 17.6 Å². The summed E-state index contributed by atoms with van der Waals surface area (Å²) in [6.45, 7) is 12.2. The first kappa shape index (κ1) is 21.9. The van der Waals surface area contributed by atoms with Gasteiger partial charge in [-0.3, -0.25) is 4.39 Å². The number of nitrogens with zero attached hydrogens (tertiary/aromatic N) is 2. The maximum Gasteiger partial charge on any atom is 0.421 e. The molecule has 0 saturated heterocycles. The van der Waals surface area contributed by atoms with Gasteiger partial charge in [-0.1, -0.05) is 27.4 Å². The number of rotatable bonds is 3. The van der Waals surface area contributed by atoms with Crippen molar-refractivity contribution in [3.05, 3.63) is 23.8 Å². The summed E-state index contributed by atoms with van der Waals surface area (Å²) in [5.41, 5.74) is 0.969. The van der Waals surface area contributed by atoms with Crippen molar-refractivity contribution < 1.29 is 22.7 Å². The molecule has 1 unspecified atom stereocenters. The van der Waals surface area contributed by atoms with Crippen LogP contribution in [0.2, 0.25) is 0 Å².